The van der Waals surface area contributed by atoms with Gasteiger partial charge in [-0.05, 0) is 80.4 Å². The third kappa shape index (κ3) is 4.37. The van der Waals surface area contributed by atoms with Crippen LogP contribution in [0, 0.1) is 13.8 Å². The Morgan fingerprint density at radius 2 is 1.79 bits per heavy atom. The zero-order valence-electron chi connectivity index (χ0n) is 22.4. The third-order valence-corrected chi connectivity index (χ3v) is 8.34. The maximum atomic E-state index is 13.6. The monoisotopic (exact) mass is 528 g/mol. The standard InChI is InChI=1S/C28H32N8OS/c1-17-14-18(2)19-16-20(26(37)29-22(19)15-17)24(25-31-32-33-36(25)28(3,4)5)34-10-12-35(13-11-34)27-30-21-8-6-7-9-23(21)38-27/h6-9,14-16,24H,10-13H2,1-5H3,(H,29,37). The number of nitrogens with one attached hydrogen (secondary N) is 1. The van der Waals surface area contributed by atoms with Crippen LogP contribution in [0.2, 0.25) is 0 Å². The molecule has 1 aliphatic heterocycles. The molecule has 3 aromatic heterocycles. The van der Waals surface area contributed by atoms with Gasteiger partial charge in [0.05, 0.1) is 15.8 Å². The van der Waals surface area contributed by atoms with Gasteiger partial charge in [0.25, 0.3) is 5.56 Å². The van der Waals surface area contributed by atoms with Crippen LogP contribution in [0.4, 0.5) is 5.13 Å². The zero-order chi connectivity index (χ0) is 26.6. The lowest BCUT2D eigenvalue weighted by atomic mass is 9.99. The van der Waals surface area contributed by atoms with Gasteiger partial charge in [-0.15, -0.1) is 5.10 Å². The van der Waals surface area contributed by atoms with Gasteiger partial charge < -0.3 is 9.88 Å². The number of aryl methyl sites for hydroxylation is 2. The average Bonchev–Trinajstić information content (AvgIpc) is 3.53. The van der Waals surface area contributed by atoms with Crippen LogP contribution >= 0.6 is 11.3 Å². The average molecular weight is 529 g/mol. The van der Waals surface area contributed by atoms with Crippen LogP contribution in [0.25, 0.3) is 21.1 Å². The summed E-state index contributed by atoms with van der Waals surface area (Å²) in [5, 5.41) is 14.9. The molecule has 196 valence electrons. The molecular weight excluding hydrogens is 496 g/mol. The quantitative estimate of drug-likeness (QED) is 0.369. The second-order valence-corrected chi connectivity index (χ2v) is 12.1. The number of rotatable bonds is 4. The van der Waals surface area contributed by atoms with Crippen molar-refractivity contribution in [2.75, 3.05) is 31.1 Å². The van der Waals surface area contributed by atoms with E-state index >= 15 is 0 Å². The van der Waals surface area contributed by atoms with Gasteiger partial charge in [0.2, 0.25) is 0 Å². The Balaban J connectivity index is 1.40. The summed E-state index contributed by atoms with van der Waals surface area (Å²) in [6.07, 6.45) is 0. The summed E-state index contributed by atoms with van der Waals surface area (Å²) in [6.45, 7) is 13.5. The Morgan fingerprint density at radius 3 is 2.53 bits per heavy atom. The van der Waals surface area contributed by atoms with Crippen LogP contribution in [0.3, 0.4) is 0 Å². The van der Waals surface area contributed by atoms with Crippen LogP contribution in [0.1, 0.15) is 49.3 Å². The number of hydrogen-bond acceptors (Lipinski definition) is 8. The molecule has 0 amide bonds. The summed E-state index contributed by atoms with van der Waals surface area (Å²) < 4.78 is 3.05. The first kappa shape index (κ1) is 24.7. The van der Waals surface area contributed by atoms with Crippen LogP contribution in [-0.2, 0) is 5.54 Å². The largest absolute Gasteiger partial charge is 0.345 e. The number of nitrogens with zero attached hydrogens (tertiary/aromatic N) is 7. The Labute approximate surface area is 225 Å². The van der Waals surface area contributed by atoms with Crippen molar-refractivity contribution in [2.45, 2.75) is 46.2 Å². The first-order valence-electron chi connectivity index (χ1n) is 13.0. The number of aromatic amines is 1. The number of tetrazole rings is 1. The van der Waals surface area contributed by atoms with Gasteiger partial charge in [-0.3, -0.25) is 9.69 Å². The minimum Gasteiger partial charge on any atom is -0.345 e. The number of fused-ring (bicyclic) bond motifs is 2. The van der Waals surface area contributed by atoms with Gasteiger partial charge in [0.15, 0.2) is 11.0 Å². The highest BCUT2D eigenvalue weighted by molar-refractivity contribution is 7.22. The van der Waals surface area contributed by atoms with E-state index in [2.05, 4.69) is 82.3 Å². The highest BCUT2D eigenvalue weighted by Crippen LogP contribution is 2.33. The Hall–Kier alpha value is -3.63. The number of H-pyrrole nitrogens is 1. The van der Waals surface area contributed by atoms with E-state index in [0.29, 0.717) is 11.4 Å². The van der Waals surface area contributed by atoms with E-state index in [1.165, 1.54) is 4.70 Å². The molecule has 1 aliphatic rings. The topological polar surface area (TPSA) is 95.8 Å². The van der Waals surface area contributed by atoms with Crippen molar-refractivity contribution in [1.82, 2.24) is 35.1 Å². The number of anilines is 1. The number of thiazole rings is 1. The molecule has 1 saturated heterocycles. The Morgan fingerprint density at radius 1 is 1.03 bits per heavy atom. The highest BCUT2D eigenvalue weighted by atomic mass is 32.1. The van der Waals surface area contributed by atoms with Gasteiger partial charge >= 0.3 is 0 Å². The fourth-order valence-electron chi connectivity index (χ4n) is 5.40. The molecule has 4 heterocycles. The maximum Gasteiger partial charge on any atom is 0.253 e. The zero-order valence-corrected chi connectivity index (χ0v) is 23.2. The van der Waals surface area contributed by atoms with Crippen LogP contribution in [0.15, 0.2) is 47.3 Å². The lowest BCUT2D eigenvalue weighted by Crippen LogP contribution is -2.49. The SMILES string of the molecule is Cc1cc(C)c2cc(C(c3nnnn3C(C)(C)C)N3CCN(c4nc5ccccc5s4)CC3)c(=O)[nH]c2c1. The third-order valence-electron chi connectivity index (χ3n) is 7.24. The molecule has 6 rings (SSSR count). The van der Waals surface area contributed by atoms with E-state index in [-0.39, 0.29) is 17.1 Å². The lowest BCUT2D eigenvalue weighted by Gasteiger charge is -2.39. The van der Waals surface area contributed by atoms with Crippen molar-refractivity contribution >= 4 is 37.6 Å². The van der Waals surface area contributed by atoms with Crippen LogP contribution in [0.5, 0.6) is 0 Å². The van der Waals surface area contributed by atoms with Gasteiger partial charge in [-0.1, -0.05) is 29.5 Å². The second kappa shape index (κ2) is 9.28. The fraction of sp³-hybridized carbons (Fsp3) is 0.393. The summed E-state index contributed by atoms with van der Waals surface area (Å²) in [4.78, 5) is 26.3. The smallest absolute Gasteiger partial charge is 0.253 e. The fourth-order valence-corrected chi connectivity index (χ4v) is 6.42. The van der Waals surface area contributed by atoms with Gasteiger partial charge in [-0.2, -0.15) is 0 Å². The lowest BCUT2D eigenvalue weighted by molar-refractivity contribution is 0.190. The molecule has 2 aromatic carbocycles. The first-order chi connectivity index (χ1) is 18.2. The van der Waals surface area contributed by atoms with E-state index in [1.807, 2.05) is 29.8 Å². The molecule has 1 fully saturated rings. The number of hydrogen-bond donors (Lipinski definition) is 1. The predicted octanol–water partition coefficient (Wildman–Crippen LogP) is 4.41. The van der Waals surface area contributed by atoms with Crippen molar-refractivity contribution < 1.29 is 0 Å². The summed E-state index contributed by atoms with van der Waals surface area (Å²) in [5.41, 5.74) is 4.36. The van der Waals surface area contributed by atoms with Crippen molar-refractivity contribution in [3.63, 3.8) is 0 Å². The van der Waals surface area contributed by atoms with Gasteiger partial charge in [0.1, 0.15) is 6.04 Å². The molecule has 0 bridgehead atoms. The Kier molecular flexibility index (Phi) is 6.03. The van der Waals surface area contributed by atoms with E-state index in [0.717, 1.165) is 58.9 Å². The van der Waals surface area contributed by atoms with Crippen LogP contribution < -0.4 is 10.5 Å². The Bertz CT molecular complexity index is 1650. The molecule has 0 saturated carbocycles. The number of benzene rings is 2. The maximum absolute atomic E-state index is 13.6. The number of piperazine rings is 1. The first-order valence-corrected chi connectivity index (χ1v) is 13.8. The highest BCUT2D eigenvalue weighted by Gasteiger charge is 2.35. The summed E-state index contributed by atoms with van der Waals surface area (Å²) in [5.74, 6) is 0.681. The summed E-state index contributed by atoms with van der Waals surface area (Å²) in [6, 6.07) is 14.1. The van der Waals surface area contributed by atoms with E-state index in [1.54, 1.807) is 11.3 Å². The van der Waals surface area contributed by atoms with Gasteiger partial charge in [-0.25, -0.2) is 9.67 Å². The van der Waals surface area contributed by atoms with Crippen molar-refractivity contribution in [1.29, 1.82) is 0 Å². The van der Waals surface area contributed by atoms with Crippen LogP contribution in [-0.4, -0.2) is 61.3 Å². The van der Waals surface area contributed by atoms with Crippen molar-refractivity contribution in [3.8, 4) is 0 Å². The number of pyridine rings is 1. The predicted molar refractivity (Wildman–Crippen MR) is 152 cm³/mol. The second-order valence-electron chi connectivity index (χ2n) is 11.1. The molecule has 10 heteroatoms. The van der Waals surface area contributed by atoms with Crippen molar-refractivity contribution in [3.05, 3.63) is 75.3 Å². The molecule has 5 aromatic rings. The van der Waals surface area contributed by atoms with E-state index in [4.69, 9.17) is 4.98 Å². The molecule has 0 radical (unpaired) electrons. The summed E-state index contributed by atoms with van der Waals surface area (Å²) >= 11 is 1.72. The van der Waals surface area contributed by atoms with Gasteiger partial charge in [0, 0.05) is 42.6 Å². The number of aromatic nitrogens is 6. The molecule has 1 N–H and O–H groups in total. The van der Waals surface area contributed by atoms with E-state index < -0.39 is 0 Å². The minimum atomic E-state index is -0.379. The van der Waals surface area contributed by atoms with E-state index in [9.17, 15) is 4.79 Å². The molecule has 0 aliphatic carbocycles. The molecule has 1 atom stereocenters. The molecular formula is C28H32N8OS. The minimum absolute atomic E-state index is 0.107. The molecule has 0 spiro atoms. The molecule has 38 heavy (non-hydrogen) atoms. The number of para-hydroxylation sites is 1. The normalized spacial score (nSPS) is 16.0. The molecule has 9 nitrogen and oxygen atoms in total. The van der Waals surface area contributed by atoms with Crippen molar-refractivity contribution in [2.24, 2.45) is 0 Å². The summed E-state index contributed by atoms with van der Waals surface area (Å²) in [7, 11) is 0. The molecule has 1 unspecified atom stereocenters.